The van der Waals surface area contributed by atoms with Gasteiger partial charge >= 0.3 is 0 Å². The molecule has 0 saturated heterocycles. The lowest BCUT2D eigenvalue weighted by atomic mass is 10.2. The van der Waals surface area contributed by atoms with Gasteiger partial charge in [0.1, 0.15) is 0 Å². The van der Waals surface area contributed by atoms with Gasteiger partial charge in [-0.05, 0) is 38.1 Å². The predicted octanol–water partition coefficient (Wildman–Crippen LogP) is 3.89. The lowest BCUT2D eigenvalue weighted by Crippen LogP contribution is -2.23. The molecule has 0 aromatic carbocycles. The highest BCUT2D eigenvalue weighted by Gasteiger charge is 2.06. The normalized spacial score (nSPS) is 11.5. The van der Waals surface area contributed by atoms with Crippen LogP contribution in [0.2, 0.25) is 0 Å². The largest absolute Gasteiger partial charge is 0.312 e. The van der Waals surface area contributed by atoms with Gasteiger partial charge in [-0.15, -0.1) is 11.3 Å². The first-order valence-corrected chi connectivity index (χ1v) is 7.98. The summed E-state index contributed by atoms with van der Waals surface area (Å²) < 4.78 is 0. The summed E-state index contributed by atoms with van der Waals surface area (Å²) in [5, 5.41) is 3.50. The molecule has 2 nitrogen and oxygen atoms in total. The Morgan fingerprint density at radius 3 is 2.63 bits per heavy atom. The zero-order valence-corrected chi connectivity index (χ0v) is 13.6. The molecule has 1 N–H and O–H groups in total. The summed E-state index contributed by atoms with van der Waals surface area (Å²) in [6.07, 6.45) is 0. The van der Waals surface area contributed by atoms with Gasteiger partial charge in [0, 0.05) is 29.4 Å². The van der Waals surface area contributed by atoms with Gasteiger partial charge in [-0.1, -0.05) is 32.9 Å². The molecular weight excluding hydrogens is 252 g/mol. The van der Waals surface area contributed by atoms with Gasteiger partial charge in [-0.2, -0.15) is 0 Å². The van der Waals surface area contributed by atoms with Crippen LogP contribution in [0.4, 0.5) is 0 Å². The van der Waals surface area contributed by atoms with E-state index < -0.39 is 0 Å². The lowest BCUT2D eigenvalue weighted by Gasteiger charge is -2.19. The highest BCUT2D eigenvalue weighted by atomic mass is 32.1. The fraction of sp³-hybridized carbons (Fsp3) is 0.625. The average molecular weight is 280 g/mol. The second-order valence-electron chi connectivity index (χ2n) is 5.65. The number of rotatable bonds is 9. The van der Waals surface area contributed by atoms with E-state index in [1.807, 2.05) is 11.3 Å². The number of nitrogens with one attached hydrogen (secondary N) is 1. The standard InChI is InChI=1S/C16H28N2S/c1-6-18(11-14(4)5)12-16-8-7-15(19-16)10-17-9-13(2)3/h7-8,13,17H,4,6,9-12H2,1-3,5H3. The van der Waals surface area contributed by atoms with Gasteiger partial charge in [0.2, 0.25) is 0 Å². The fourth-order valence-corrected chi connectivity index (χ4v) is 3.00. The van der Waals surface area contributed by atoms with Gasteiger partial charge in [0.15, 0.2) is 0 Å². The van der Waals surface area contributed by atoms with Crippen LogP contribution in [0.5, 0.6) is 0 Å². The van der Waals surface area contributed by atoms with E-state index in [2.05, 4.69) is 56.6 Å². The first kappa shape index (κ1) is 16.4. The van der Waals surface area contributed by atoms with Crippen LogP contribution in [0.1, 0.15) is 37.4 Å². The molecule has 0 saturated carbocycles. The molecule has 0 fully saturated rings. The van der Waals surface area contributed by atoms with Gasteiger partial charge in [0.25, 0.3) is 0 Å². The van der Waals surface area contributed by atoms with E-state index in [4.69, 9.17) is 0 Å². The second kappa shape index (κ2) is 8.51. The molecule has 3 heteroatoms. The van der Waals surface area contributed by atoms with E-state index >= 15 is 0 Å². The van der Waals surface area contributed by atoms with Crippen molar-refractivity contribution in [2.75, 3.05) is 19.6 Å². The molecule has 1 aromatic rings. The van der Waals surface area contributed by atoms with Crippen LogP contribution < -0.4 is 5.32 Å². The number of thiophene rings is 1. The monoisotopic (exact) mass is 280 g/mol. The van der Waals surface area contributed by atoms with Crippen LogP contribution in [-0.2, 0) is 13.1 Å². The van der Waals surface area contributed by atoms with E-state index in [9.17, 15) is 0 Å². The maximum Gasteiger partial charge on any atom is 0.0331 e. The summed E-state index contributed by atoms with van der Waals surface area (Å²) in [4.78, 5) is 5.31. The maximum absolute atomic E-state index is 4.00. The molecule has 19 heavy (non-hydrogen) atoms. The molecule has 1 heterocycles. The van der Waals surface area contributed by atoms with Crippen LogP contribution in [0, 0.1) is 5.92 Å². The second-order valence-corrected chi connectivity index (χ2v) is 6.91. The average Bonchev–Trinajstić information content (AvgIpc) is 2.75. The first-order valence-electron chi connectivity index (χ1n) is 7.16. The summed E-state index contributed by atoms with van der Waals surface area (Å²) in [5.41, 5.74) is 1.23. The molecule has 0 bridgehead atoms. The maximum atomic E-state index is 4.00. The van der Waals surface area contributed by atoms with Crippen molar-refractivity contribution in [1.82, 2.24) is 10.2 Å². The Balaban J connectivity index is 2.42. The molecule has 0 spiro atoms. The van der Waals surface area contributed by atoms with Crippen molar-refractivity contribution in [2.45, 2.75) is 40.8 Å². The van der Waals surface area contributed by atoms with Crippen molar-refractivity contribution >= 4 is 11.3 Å². The summed E-state index contributed by atoms with van der Waals surface area (Å²) in [5.74, 6) is 0.714. The molecule has 0 atom stereocenters. The van der Waals surface area contributed by atoms with Crippen LogP contribution >= 0.6 is 11.3 Å². The number of likely N-dealkylation sites (N-methyl/N-ethyl adjacent to an activating group) is 1. The first-order chi connectivity index (χ1) is 9.01. The van der Waals surface area contributed by atoms with Crippen molar-refractivity contribution in [2.24, 2.45) is 5.92 Å². The Kier molecular flexibility index (Phi) is 7.36. The fourth-order valence-electron chi connectivity index (χ4n) is 1.97. The third-order valence-electron chi connectivity index (χ3n) is 2.89. The third-order valence-corrected chi connectivity index (χ3v) is 3.96. The minimum Gasteiger partial charge on any atom is -0.312 e. The molecule has 1 aromatic heterocycles. The highest BCUT2D eigenvalue weighted by Crippen LogP contribution is 2.18. The van der Waals surface area contributed by atoms with Crippen molar-refractivity contribution in [3.05, 3.63) is 34.0 Å². The Morgan fingerprint density at radius 1 is 1.37 bits per heavy atom. The number of hydrogen-bond acceptors (Lipinski definition) is 3. The summed E-state index contributed by atoms with van der Waals surface area (Å²) in [6.45, 7) is 18.0. The van der Waals surface area contributed by atoms with E-state index in [-0.39, 0.29) is 0 Å². The molecule has 0 aliphatic carbocycles. The topological polar surface area (TPSA) is 15.3 Å². The predicted molar refractivity (Wildman–Crippen MR) is 86.6 cm³/mol. The van der Waals surface area contributed by atoms with Crippen LogP contribution in [0.25, 0.3) is 0 Å². The Labute approximate surface area is 122 Å². The van der Waals surface area contributed by atoms with Crippen LogP contribution in [0.15, 0.2) is 24.3 Å². The molecular formula is C16H28N2S. The lowest BCUT2D eigenvalue weighted by molar-refractivity contribution is 0.307. The molecule has 0 aliphatic rings. The molecule has 0 unspecified atom stereocenters. The van der Waals surface area contributed by atoms with Crippen LogP contribution in [-0.4, -0.2) is 24.5 Å². The minimum atomic E-state index is 0.714. The van der Waals surface area contributed by atoms with E-state index in [0.717, 1.165) is 32.7 Å². The van der Waals surface area contributed by atoms with E-state index in [1.165, 1.54) is 15.3 Å². The quantitative estimate of drug-likeness (QED) is 0.690. The number of nitrogens with zero attached hydrogens (tertiary/aromatic N) is 1. The van der Waals surface area contributed by atoms with Crippen molar-refractivity contribution in [1.29, 1.82) is 0 Å². The zero-order valence-electron chi connectivity index (χ0n) is 12.8. The molecule has 0 amide bonds. The van der Waals surface area contributed by atoms with Gasteiger partial charge in [0.05, 0.1) is 0 Å². The van der Waals surface area contributed by atoms with Gasteiger partial charge < -0.3 is 5.32 Å². The van der Waals surface area contributed by atoms with Gasteiger partial charge in [-0.25, -0.2) is 0 Å². The van der Waals surface area contributed by atoms with E-state index in [0.29, 0.717) is 5.92 Å². The SMILES string of the molecule is C=C(C)CN(CC)Cc1ccc(CNCC(C)C)s1. The Bertz CT molecular complexity index is 382. The molecule has 0 aliphatic heterocycles. The third kappa shape index (κ3) is 6.90. The summed E-state index contributed by atoms with van der Waals surface area (Å²) in [7, 11) is 0. The van der Waals surface area contributed by atoms with E-state index in [1.54, 1.807) is 0 Å². The van der Waals surface area contributed by atoms with Crippen molar-refractivity contribution in [3.8, 4) is 0 Å². The molecule has 1 rings (SSSR count). The number of hydrogen-bond donors (Lipinski definition) is 1. The van der Waals surface area contributed by atoms with Crippen LogP contribution in [0.3, 0.4) is 0 Å². The Morgan fingerprint density at radius 2 is 2.05 bits per heavy atom. The van der Waals surface area contributed by atoms with Gasteiger partial charge in [-0.3, -0.25) is 4.90 Å². The zero-order chi connectivity index (χ0) is 14.3. The Hall–Kier alpha value is -0.640. The summed E-state index contributed by atoms with van der Waals surface area (Å²) in [6, 6.07) is 4.51. The van der Waals surface area contributed by atoms with Crippen molar-refractivity contribution in [3.63, 3.8) is 0 Å². The van der Waals surface area contributed by atoms with Crippen molar-refractivity contribution < 1.29 is 0 Å². The highest BCUT2D eigenvalue weighted by molar-refractivity contribution is 7.11. The smallest absolute Gasteiger partial charge is 0.0331 e. The summed E-state index contributed by atoms with van der Waals surface area (Å²) >= 11 is 1.92. The molecule has 108 valence electrons. The minimum absolute atomic E-state index is 0.714. The molecule has 0 radical (unpaired) electrons.